The molecule has 5 heteroatoms. The molecule has 1 amide bonds. The van der Waals surface area contributed by atoms with Crippen LogP contribution in [-0.4, -0.2) is 50.1 Å². The van der Waals surface area contributed by atoms with Crippen LogP contribution < -0.4 is 9.47 Å². The SMILES string of the molecule is COc1ccc([C@H]2CCCN2CC(=O)N(C)Cc2ccccc2)cc1OC. The Morgan fingerprint density at radius 2 is 1.85 bits per heavy atom. The Hall–Kier alpha value is -2.53. The Morgan fingerprint density at radius 3 is 2.56 bits per heavy atom. The third kappa shape index (κ3) is 4.61. The lowest BCUT2D eigenvalue weighted by Gasteiger charge is -2.27. The van der Waals surface area contributed by atoms with Crippen molar-refractivity contribution in [3.05, 3.63) is 59.7 Å². The van der Waals surface area contributed by atoms with Gasteiger partial charge in [0.2, 0.25) is 5.91 Å². The molecule has 0 radical (unpaired) electrons. The summed E-state index contributed by atoms with van der Waals surface area (Å²) >= 11 is 0. The van der Waals surface area contributed by atoms with Gasteiger partial charge in [-0.05, 0) is 42.6 Å². The molecular weight excluding hydrogens is 340 g/mol. The lowest BCUT2D eigenvalue weighted by Crippen LogP contribution is -2.37. The van der Waals surface area contributed by atoms with Crippen molar-refractivity contribution >= 4 is 5.91 Å². The fourth-order valence-electron chi connectivity index (χ4n) is 3.69. The van der Waals surface area contributed by atoms with Crippen LogP contribution in [0, 0.1) is 0 Å². The van der Waals surface area contributed by atoms with Crippen molar-refractivity contribution in [2.75, 3.05) is 34.4 Å². The minimum Gasteiger partial charge on any atom is -0.493 e. The topological polar surface area (TPSA) is 42.0 Å². The van der Waals surface area contributed by atoms with Gasteiger partial charge in [0.25, 0.3) is 0 Å². The number of hydrogen-bond donors (Lipinski definition) is 0. The number of carbonyl (C=O) groups excluding carboxylic acids is 1. The number of nitrogens with zero attached hydrogens (tertiary/aromatic N) is 2. The number of hydrogen-bond acceptors (Lipinski definition) is 4. The molecule has 0 saturated carbocycles. The Labute approximate surface area is 161 Å². The van der Waals surface area contributed by atoms with Gasteiger partial charge in [-0.15, -0.1) is 0 Å². The second-order valence-corrected chi connectivity index (χ2v) is 6.98. The summed E-state index contributed by atoms with van der Waals surface area (Å²) in [6, 6.07) is 16.4. The summed E-state index contributed by atoms with van der Waals surface area (Å²) in [6.45, 7) is 2.00. The molecular formula is C22H28N2O3. The van der Waals surface area contributed by atoms with Gasteiger partial charge in [0, 0.05) is 19.6 Å². The highest BCUT2D eigenvalue weighted by Gasteiger charge is 2.29. The first kappa shape index (κ1) is 19.2. The van der Waals surface area contributed by atoms with E-state index in [9.17, 15) is 4.79 Å². The monoisotopic (exact) mass is 368 g/mol. The van der Waals surface area contributed by atoms with Crippen molar-refractivity contribution in [1.29, 1.82) is 0 Å². The highest BCUT2D eigenvalue weighted by molar-refractivity contribution is 5.78. The molecule has 0 spiro atoms. The van der Waals surface area contributed by atoms with Gasteiger partial charge in [0.15, 0.2) is 11.5 Å². The zero-order chi connectivity index (χ0) is 19.2. The normalized spacial score (nSPS) is 16.9. The van der Waals surface area contributed by atoms with Gasteiger partial charge in [-0.2, -0.15) is 0 Å². The van der Waals surface area contributed by atoms with Crippen molar-refractivity contribution in [2.45, 2.75) is 25.4 Å². The maximum atomic E-state index is 12.7. The Bertz CT molecular complexity index is 763. The lowest BCUT2D eigenvalue weighted by atomic mass is 10.0. The molecule has 0 aliphatic carbocycles. The molecule has 2 aromatic carbocycles. The van der Waals surface area contributed by atoms with E-state index in [1.54, 1.807) is 19.1 Å². The van der Waals surface area contributed by atoms with Gasteiger partial charge in [0.05, 0.1) is 20.8 Å². The van der Waals surface area contributed by atoms with Crippen LogP contribution in [0.1, 0.15) is 30.0 Å². The molecule has 144 valence electrons. The summed E-state index contributed by atoms with van der Waals surface area (Å²) in [7, 11) is 5.16. The summed E-state index contributed by atoms with van der Waals surface area (Å²) in [6.07, 6.45) is 2.14. The van der Waals surface area contributed by atoms with Gasteiger partial charge in [-0.1, -0.05) is 36.4 Å². The minimum absolute atomic E-state index is 0.145. The minimum atomic E-state index is 0.145. The maximum absolute atomic E-state index is 12.7. The van der Waals surface area contributed by atoms with Crippen molar-refractivity contribution in [3.63, 3.8) is 0 Å². The molecule has 0 aromatic heterocycles. The lowest BCUT2D eigenvalue weighted by molar-refractivity contribution is -0.131. The molecule has 1 aliphatic rings. The smallest absolute Gasteiger partial charge is 0.236 e. The first-order chi connectivity index (χ1) is 13.1. The number of rotatable bonds is 7. The molecule has 2 aromatic rings. The molecule has 1 saturated heterocycles. The Kier molecular flexibility index (Phi) is 6.35. The van der Waals surface area contributed by atoms with Crippen LogP contribution in [0.2, 0.25) is 0 Å². The maximum Gasteiger partial charge on any atom is 0.236 e. The van der Waals surface area contributed by atoms with Gasteiger partial charge in [-0.25, -0.2) is 0 Å². The van der Waals surface area contributed by atoms with E-state index in [4.69, 9.17) is 9.47 Å². The van der Waals surface area contributed by atoms with E-state index in [0.29, 0.717) is 13.1 Å². The second-order valence-electron chi connectivity index (χ2n) is 6.98. The molecule has 3 rings (SSSR count). The molecule has 5 nitrogen and oxygen atoms in total. The van der Waals surface area contributed by atoms with E-state index in [2.05, 4.69) is 11.0 Å². The van der Waals surface area contributed by atoms with Crippen molar-refractivity contribution in [1.82, 2.24) is 9.80 Å². The zero-order valence-corrected chi connectivity index (χ0v) is 16.4. The molecule has 1 fully saturated rings. The van der Waals surface area contributed by atoms with E-state index in [1.807, 2.05) is 49.5 Å². The summed E-state index contributed by atoms with van der Waals surface area (Å²) < 4.78 is 10.8. The third-order valence-electron chi connectivity index (χ3n) is 5.18. The van der Waals surface area contributed by atoms with Crippen LogP contribution in [0.25, 0.3) is 0 Å². The van der Waals surface area contributed by atoms with Crippen LogP contribution >= 0.6 is 0 Å². The average molecular weight is 368 g/mol. The second kappa shape index (κ2) is 8.91. The van der Waals surface area contributed by atoms with Crippen LogP contribution in [0.15, 0.2) is 48.5 Å². The highest BCUT2D eigenvalue weighted by atomic mass is 16.5. The fraction of sp³-hybridized carbons (Fsp3) is 0.409. The van der Waals surface area contributed by atoms with E-state index >= 15 is 0 Å². The molecule has 0 unspecified atom stereocenters. The molecule has 0 bridgehead atoms. The van der Waals surface area contributed by atoms with Crippen molar-refractivity contribution < 1.29 is 14.3 Å². The van der Waals surface area contributed by atoms with Gasteiger partial charge >= 0.3 is 0 Å². The van der Waals surface area contributed by atoms with Gasteiger partial charge in [0.1, 0.15) is 0 Å². The first-order valence-electron chi connectivity index (χ1n) is 9.36. The third-order valence-corrected chi connectivity index (χ3v) is 5.18. The summed E-state index contributed by atoms with van der Waals surface area (Å²) in [5.74, 6) is 1.60. The van der Waals surface area contributed by atoms with E-state index < -0.39 is 0 Å². The molecule has 1 aliphatic heterocycles. The average Bonchev–Trinajstić information content (AvgIpc) is 3.16. The quantitative estimate of drug-likeness (QED) is 0.750. The number of methoxy groups -OCH3 is 2. The number of likely N-dealkylation sites (tertiary alicyclic amines) is 1. The number of ether oxygens (including phenoxy) is 2. The fourth-order valence-corrected chi connectivity index (χ4v) is 3.69. The van der Waals surface area contributed by atoms with Gasteiger partial charge < -0.3 is 14.4 Å². The summed E-state index contributed by atoms with van der Waals surface area (Å²) in [5, 5.41) is 0. The van der Waals surface area contributed by atoms with E-state index in [1.165, 1.54) is 5.56 Å². The van der Waals surface area contributed by atoms with Crippen LogP contribution in [-0.2, 0) is 11.3 Å². The van der Waals surface area contributed by atoms with Crippen LogP contribution in [0.3, 0.4) is 0 Å². The zero-order valence-electron chi connectivity index (χ0n) is 16.4. The van der Waals surface area contributed by atoms with Crippen LogP contribution in [0.4, 0.5) is 0 Å². The van der Waals surface area contributed by atoms with Crippen molar-refractivity contribution in [2.24, 2.45) is 0 Å². The Morgan fingerprint density at radius 1 is 1.11 bits per heavy atom. The van der Waals surface area contributed by atoms with Gasteiger partial charge in [-0.3, -0.25) is 9.69 Å². The molecule has 1 heterocycles. The highest BCUT2D eigenvalue weighted by Crippen LogP contribution is 2.36. The Balaban J connectivity index is 1.66. The molecule has 27 heavy (non-hydrogen) atoms. The van der Waals surface area contributed by atoms with E-state index in [0.717, 1.165) is 36.4 Å². The largest absolute Gasteiger partial charge is 0.493 e. The predicted octanol–water partition coefficient (Wildman–Crippen LogP) is 3.50. The molecule has 1 atom stereocenters. The number of likely N-dealkylation sites (N-methyl/N-ethyl adjacent to an activating group) is 1. The number of carbonyl (C=O) groups is 1. The predicted molar refractivity (Wildman–Crippen MR) is 106 cm³/mol. The standard InChI is InChI=1S/C22H28N2O3/c1-23(15-17-8-5-4-6-9-17)22(25)16-24-13-7-10-19(24)18-11-12-20(26-2)21(14-18)27-3/h4-6,8-9,11-12,14,19H,7,10,13,15-16H2,1-3H3/t19-/m1/s1. The van der Waals surface area contributed by atoms with Crippen LogP contribution in [0.5, 0.6) is 11.5 Å². The number of benzene rings is 2. The molecule has 0 N–H and O–H groups in total. The first-order valence-corrected chi connectivity index (χ1v) is 9.36. The number of amides is 1. The summed E-state index contributed by atoms with van der Waals surface area (Å²) in [4.78, 5) is 16.8. The summed E-state index contributed by atoms with van der Waals surface area (Å²) in [5.41, 5.74) is 2.31. The van der Waals surface area contributed by atoms with Crippen molar-refractivity contribution in [3.8, 4) is 11.5 Å². The van der Waals surface area contributed by atoms with E-state index in [-0.39, 0.29) is 11.9 Å².